The van der Waals surface area contributed by atoms with E-state index in [0.29, 0.717) is 12.0 Å². The van der Waals surface area contributed by atoms with E-state index < -0.39 is 0 Å². The third kappa shape index (κ3) is 2.55. The zero-order valence-corrected chi connectivity index (χ0v) is 11.3. The van der Waals surface area contributed by atoms with E-state index in [1.807, 2.05) is 0 Å². The quantitative estimate of drug-likeness (QED) is 0.821. The Morgan fingerprint density at radius 3 is 2.18 bits per heavy atom. The molecule has 1 aromatic rings. The highest BCUT2D eigenvalue weighted by atomic mass is 14.8. The Morgan fingerprint density at radius 2 is 1.71 bits per heavy atom. The first-order valence-corrected chi connectivity index (χ1v) is 6.87. The highest BCUT2D eigenvalue weighted by Crippen LogP contribution is 2.52. The third-order valence-electron chi connectivity index (χ3n) is 4.23. The van der Waals surface area contributed by atoms with Crippen LogP contribution in [0.1, 0.15) is 45.6 Å². The molecular formula is C16H25N. The van der Waals surface area contributed by atoms with Crippen molar-refractivity contribution in [1.29, 1.82) is 0 Å². The molecule has 1 saturated carbocycles. The molecule has 0 aliphatic heterocycles. The predicted octanol–water partition coefficient (Wildman–Crippen LogP) is 3.73. The molecule has 0 aromatic heterocycles. The molecule has 2 unspecified atom stereocenters. The van der Waals surface area contributed by atoms with E-state index in [0.717, 1.165) is 5.92 Å². The molecule has 0 radical (unpaired) electrons. The second-order valence-electron chi connectivity index (χ2n) is 6.15. The summed E-state index contributed by atoms with van der Waals surface area (Å²) < 4.78 is 0. The smallest absolute Gasteiger partial charge is 0.0162 e. The van der Waals surface area contributed by atoms with Gasteiger partial charge in [-0.2, -0.15) is 0 Å². The van der Waals surface area contributed by atoms with Gasteiger partial charge in [0.1, 0.15) is 0 Å². The molecule has 94 valence electrons. The number of hydrogen-bond acceptors (Lipinski definition) is 1. The number of rotatable bonds is 5. The molecule has 0 heterocycles. The van der Waals surface area contributed by atoms with E-state index in [1.54, 1.807) is 0 Å². The molecule has 1 heteroatoms. The van der Waals surface area contributed by atoms with Crippen molar-refractivity contribution in [3.8, 4) is 0 Å². The van der Waals surface area contributed by atoms with Crippen molar-refractivity contribution in [2.75, 3.05) is 0 Å². The molecule has 1 fully saturated rings. The monoisotopic (exact) mass is 231 g/mol. The standard InChI is InChI=1S/C16H25N/c1-12(2)11-13(3)15(17)16(9-10-16)14-7-5-4-6-8-14/h4-8,12-13,15H,9-11,17H2,1-3H3. The maximum absolute atomic E-state index is 6.54. The lowest BCUT2D eigenvalue weighted by Crippen LogP contribution is -2.40. The summed E-state index contributed by atoms with van der Waals surface area (Å²) in [5.74, 6) is 1.35. The van der Waals surface area contributed by atoms with Crippen LogP contribution in [-0.4, -0.2) is 6.04 Å². The van der Waals surface area contributed by atoms with Crippen LogP contribution in [0.2, 0.25) is 0 Å². The summed E-state index contributed by atoms with van der Waals surface area (Å²) in [6, 6.07) is 11.2. The summed E-state index contributed by atoms with van der Waals surface area (Å²) in [5, 5.41) is 0. The predicted molar refractivity (Wildman–Crippen MR) is 73.9 cm³/mol. The summed E-state index contributed by atoms with van der Waals surface area (Å²) in [6.45, 7) is 6.88. The van der Waals surface area contributed by atoms with Crippen LogP contribution >= 0.6 is 0 Å². The number of benzene rings is 1. The first kappa shape index (κ1) is 12.6. The Labute approximate surface area is 105 Å². The normalized spacial score (nSPS) is 21.2. The van der Waals surface area contributed by atoms with Gasteiger partial charge in [0.15, 0.2) is 0 Å². The number of nitrogens with two attached hydrogens (primary N) is 1. The molecule has 0 amide bonds. The lowest BCUT2D eigenvalue weighted by Gasteiger charge is -2.30. The Kier molecular flexibility index (Phi) is 3.58. The Balaban J connectivity index is 2.11. The average Bonchev–Trinajstić information content (AvgIpc) is 3.09. The van der Waals surface area contributed by atoms with E-state index in [9.17, 15) is 0 Å². The first-order valence-electron chi connectivity index (χ1n) is 6.87. The second kappa shape index (κ2) is 4.81. The van der Waals surface area contributed by atoms with Crippen LogP contribution in [-0.2, 0) is 5.41 Å². The molecule has 2 atom stereocenters. The lowest BCUT2D eigenvalue weighted by atomic mass is 9.79. The van der Waals surface area contributed by atoms with Gasteiger partial charge < -0.3 is 5.73 Å². The minimum atomic E-state index is 0.287. The molecule has 1 aromatic carbocycles. The van der Waals surface area contributed by atoms with Gasteiger partial charge in [-0.15, -0.1) is 0 Å². The zero-order chi connectivity index (χ0) is 12.5. The van der Waals surface area contributed by atoms with E-state index in [2.05, 4.69) is 51.1 Å². The Morgan fingerprint density at radius 1 is 1.12 bits per heavy atom. The van der Waals surface area contributed by atoms with Crippen molar-refractivity contribution in [3.63, 3.8) is 0 Å². The van der Waals surface area contributed by atoms with Crippen molar-refractivity contribution in [2.45, 2.75) is 51.5 Å². The van der Waals surface area contributed by atoms with E-state index in [4.69, 9.17) is 5.73 Å². The molecule has 1 aliphatic carbocycles. The van der Waals surface area contributed by atoms with Gasteiger partial charge in [0.2, 0.25) is 0 Å². The molecule has 0 saturated heterocycles. The van der Waals surface area contributed by atoms with Gasteiger partial charge in [-0.1, -0.05) is 51.1 Å². The molecule has 0 spiro atoms. The van der Waals surface area contributed by atoms with Crippen LogP contribution in [0.3, 0.4) is 0 Å². The number of hydrogen-bond donors (Lipinski definition) is 1. The fraction of sp³-hybridized carbons (Fsp3) is 0.625. The van der Waals surface area contributed by atoms with E-state index in [-0.39, 0.29) is 5.41 Å². The van der Waals surface area contributed by atoms with Crippen LogP contribution in [0.4, 0.5) is 0 Å². The van der Waals surface area contributed by atoms with Crippen molar-refractivity contribution in [2.24, 2.45) is 17.6 Å². The molecular weight excluding hydrogens is 206 g/mol. The molecule has 17 heavy (non-hydrogen) atoms. The molecule has 2 rings (SSSR count). The summed E-state index contributed by atoms with van der Waals surface area (Å²) in [6.07, 6.45) is 3.76. The summed E-state index contributed by atoms with van der Waals surface area (Å²) in [5.41, 5.74) is 8.27. The van der Waals surface area contributed by atoms with Crippen molar-refractivity contribution < 1.29 is 0 Å². The van der Waals surface area contributed by atoms with Gasteiger partial charge >= 0.3 is 0 Å². The molecule has 0 bridgehead atoms. The van der Waals surface area contributed by atoms with Crippen molar-refractivity contribution >= 4 is 0 Å². The highest BCUT2D eigenvalue weighted by Gasteiger charge is 2.50. The molecule has 1 nitrogen and oxygen atoms in total. The van der Waals surface area contributed by atoms with Crippen LogP contribution < -0.4 is 5.73 Å². The fourth-order valence-electron chi connectivity index (χ4n) is 3.15. The van der Waals surface area contributed by atoms with E-state index in [1.165, 1.54) is 24.8 Å². The third-order valence-corrected chi connectivity index (χ3v) is 4.23. The van der Waals surface area contributed by atoms with Crippen molar-refractivity contribution in [3.05, 3.63) is 35.9 Å². The topological polar surface area (TPSA) is 26.0 Å². The zero-order valence-electron chi connectivity index (χ0n) is 11.3. The van der Waals surface area contributed by atoms with Gasteiger partial charge in [-0.25, -0.2) is 0 Å². The van der Waals surface area contributed by atoms with Gasteiger partial charge in [-0.3, -0.25) is 0 Å². The minimum Gasteiger partial charge on any atom is -0.327 e. The fourth-order valence-corrected chi connectivity index (χ4v) is 3.15. The second-order valence-corrected chi connectivity index (χ2v) is 6.15. The van der Waals surface area contributed by atoms with Crippen molar-refractivity contribution in [1.82, 2.24) is 0 Å². The van der Waals surface area contributed by atoms with Gasteiger partial charge in [-0.05, 0) is 36.7 Å². The van der Waals surface area contributed by atoms with Gasteiger partial charge in [0, 0.05) is 11.5 Å². The van der Waals surface area contributed by atoms with Gasteiger partial charge in [0.05, 0.1) is 0 Å². The van der Waals surface area contributed by atoms with Crippen LogP contribution in [0, 0.1) is 11.8 Å². The minimum absolute atomic E-state index is 0.287. The maximum atomic E-state index is 6.54. The van der Waals surface area contributed by atoms with Gasteiger partial charge in [0.25, 0.3) is 0 Å². The molecule has 2 N–H and O–H groups in total. The average molecular weight is 231 g/mol. The summed E-state index contributed by atoms with van der Waals surface area (Å²) >= 11 is 0. The Hall–Kier alpha value is -0.820. The van der Waals surface area contributed by atoms with E-state index >= 15 is 0 Å². The van der Waals surface area contributed by atoms with Crippen LogP contribution in [0.25, 0.3) is 0 Å². The summed E-state index contributed by atoms with van der Waals surface area (Å²) in [7, 11) is 0. The molecule has 1 aliphatic rings. The first-order chi connectivity index (χ1) is 8.06. The summed E-state index contributed by atoms with van der Waals surface area (Å²) in [4.78, 5) is 0. The SMILES string of the molecule is CC(C)CC(C)C(N)C1(c2ccccc2)CC1. The highest BCUT2D eigenvalue weighted by molar-refractivity contribution is 5.33. The van der Waals surface area contributed by atoms with Crippen LogP contribution in [0.15, 0.2) is 30.3 Å². The lowest BCUT2D eigenvalue weighted by molar-refractivity contribution is 0.322. The maximum Gasteiger partial charge on any atom is 0.0162 e. The largest absolute Gasteiger partial charge is 0.327 e. The van der Waals surface area contributed by atoms with Crippen LogP contribution in [0.5, 0.6) is 0 Å². The Bertz CT molecular complexity index is 351.